The number of anilines is 1. The second-order valence-electron chi connectivity index (χ2n) is 4.27. The van der Waals surface area contributed by atoms with Gasteiger partial charge in [-0.05, 0) is 37.3 Å². The lowest BCUT2D eigenvalue weighted by atomic mass is 10.2. The topological polar surface area (TPSA) is 89.3 Å². The molecule has 0 unspecified atom stereocenters. The molecule has 0 spiro atoms. The normalized spacial score (nSPS) is 11.1. The molecule has 2 rings (SSSR count). The molecular formula is C13H11BrN2O4S. The Kier molecular flexibility index (Phi) is 4.29. The molecule has 6 nitrogen and oxygen atoms in total. The monoisotopic (exact) mass is 370 g/mol. The summed E-state index contributed by atoms with van der Waals surface area (Å²) in [5.74, 6) is 0. The van der Waals surface area contributed by atoms with Crippen molar-refractivity contribution in [1.29, 1.82) is 0 Å². The first-order valence-corrected chi connectivity index (χ1v) is 8.11. The maximum absolute atomic E-state index is 12.2. The van der Waals surface area contributed by atoms with Crippen molar-refractivity contribution in [3.05, 3.63) is 62.6 Å². The van der Waals surface area contributed by atoms with Crippen LogP contribution in [0.3, 0.4) is 0 Å². The molecule has 0 atom stereocenters. The predicted octanol–water partition coefficient (Wildman–Crippen LogP) is 3.47. The van der Waals surface area contributed by atoms with Crippen LogP contribution < -0.4 is 4.72 Å². The third-order valence-electron chi connectivity index (χ3n) is 2.87. The molecule has 8 heteroatoms. The Bertz CT molecular complexity index is 788. The minimum atomic E-state index is -3.79. The van der Waals surface area contributed by atoms with Crippen LogP contribution in [0.2, 0.25) is 0 Å². The highest BCUT2D eigenvalue weighted by Gasteiger charge is 2.19. The Hall–Kier alpha value is -1.93. The number of hydrogen-bond donors (Lipinski definition) is 1. The molecule has 2 aromatic rings. The summed E-state index contributed by atoms with van der Waals surface area (Å²) in [5.41, 5.74) is 0.321. The van der Waals surface area contributed by atoms with Crippen LogP contribution in [0.1, 0.15) is 5.56 Å². The van der Waals surface area contributed by atoms with Crippen LogP contribution in [0.4, 0.5) is 11.4 Å². The van der Waals surface area contributed by atoms with E-state index >= 15 is 0 Å². The average molecular weight is 371 g/mol. The highest BCUT2D eigenvalue weighted by molar-refractivity contribution is 9.10. The van der Waals surface area contributed by atoms with E-state index in [2.05, 4.69) is 20.7 Å². The van der Waals surface area contributed by atoms with Gasteiger partial charge < -0.3 is 0 Å². The van der Waals surface area contributed by atoms with Crippen LogP contribution >= 0.6 is 15.9 Å². The quantitative estimate of drug-likeness (QED) is 0.658. The van der Waals surface area contributed by atoms with Crippen molar-refractivity contribution in [2.45, 2.75) is 11.8 Å². The first-order chi connectivity index (χ1) is 9.81. The molecule has 0 fully saturated rings. The van der Waals surface area contributed by atoms with Gasteiger partial charge in [-0.2, -0.15) is 0 Å². The zero-order valence-electron chi connectivity index (χ0n) is 10.9. The van der Waals surface area contributed by atoms with Gasteiger partial charge in [0.05, 0.1) is 21.1 Å². The van der Waals surface area contributed by atoms with Crippen LogP contribution in [0.25, 0.3) is 0 Å². The van der Waals surface area contributed by atoms with Crippen LogP contribution in [-0.4, -0.2) is 13.3 Å². The van der Waals surface area contributed by atoms with Gasteiger partial charge in [-0.15, -0.1) is 0 Å². The molecule has 0 aliphatic carbocycles. The largest absolute Gasteiger partial charge is 0.279 e. The van der Waals surface area contributed by atoms with E-state index in [9.17, 15) is 18.5 Å². The van der Waals surface area contributed by atoms with Gasteiger partial charge in [-0.25, -0.2) is 8.42 Å². The van der Waals surface area contributed by atoms with E-state index in [4.69, 9.17) is 0 Å². The molecule has 2 aromatic carbocycles. The van der Waals surface area contributed by atoms with Gasteiger partial charge in [0.1, 0.15) is 0 Å². The SMILES string of the molecule is Cc1c(NS(=O)(=O)c2ccc(Br)cc2)cccc1[N+](=O)[O-]. The van der Waals surface area contributed by atoms with E-state index < -0.39 is 14.9 Å². The van der Waals surface area contributed by atoms with Crippen LogP contribution in [0.15, 0.2) is 51.8 Å². The van der Waals surface area contributed by atoms with Crippen molar-refractivity contribution in [3.63, 3.8) is 0 Å². The lowest BCUT2D eigenvalue weighted by molar-refractivity contribution is -0.385. The smallest absolute Gasteiger partial charge is 0.274 e. The summed E-state index contributed by atoms with van der Waals surface area (Å²) < 4.78 is 27.6. The number of nitrogens with one attached hydrogen (secondary N) is 1. The Balaban J connectivity index is 2.39. The van der Waals surface area contributed by atoms with Gasteiger partial charge in [0.15, 0.2) is 0 Å². The Labute approximate surface area is 130 Å². The minimum Gasteiger partial charge on any atom is -0.279 e. The summed E-state index contributed by atoms with van der Waals surface area (Å²) in [6.07, 6.45) is 0. The molecule has 110 valence electrons. The molecule has 0 saturated carbocycles. The van der Waals surface area contributed by atoms with Gasteiger partial charge in [0.25, 0.3) is 15.7 Å². The number of hydrogen-bond acceptors (Lipinski definition) is 4. The molecule has 0 aliphatic rings. The Morgan fingerprint density at radius 3 is 2.33 bits per heavy atom. The van der Waals surface area contributed by atoms with Crippen molar-refractivity contribution in [3.8, 4) is 0 Å². The predicted molar refractivity (Wildman–Crippen MR) is 82.8 cm³/mol. The first-order valence-electron chi connectivity index (χ1n) is 5.83. The van der Waals surface area contributed by atoms with Gasteiger partial charge >= 0.3 is 0 Å². The number of nitrogens with zero attached hydrogens (tertiary/aromatic N) is 1. The summed E-state index contributed by atoms with van der Waals surface area (Å²) in [6, 6.07) is 10.3. The van der Waals surface area contributed by atoms with Crippen molar-refractivity contribution >= 4 is 37.3 Å². The zero-order valence-corrected chi connectivity index (χ0v) is 13.3. The lowest BCUT2D eigenvalue weighted by Gasteiger charge is -2.10. The number of sulfonamides is 1. The second-order valence-corrected chi connectivity index (χ2v) is 6.86. The Morgan fingerprint density at radius 1 is 1.14 bits per heavy atom. The first kappa shape index (κ1) is 15.5. The van der Waals surface area contributed by atoms with Gasteiger partial charge in [-0.1, -0.05) is 22.0 Å². The van der Waals surface area contributed by atoms with E-state index in [1.54, 1.807) is 12.1 Å². The van der Waals surface area contributed by atoms with Crippen LogP contribution in [0.5, 0.6) is 0 Å². The third-order valence-corrected chi connectivity index (χ3v) is 4.78. The summed E-state index contributed by atoms with van der Waals surface area (Å²) in [6.45, 7) is 1.50. The summed E-state index contributed by atoms with van der Waals surface area (Å²) in [4.78, 5) is 10.4. The van der Waals surface area contributed by atoms with E-state index in [1.165, 1.54) is 37.3 Å². The summed E-state index contributed by atoms with van der Waals surface area (Å²) in [5, 5.41) is 10.9. The number of benzene rings is 2. The molecule has 0 aliphatic heterocycles. The Morgan fingerprint density at radius 2 is 1.76 bits per heavy atom. The maximum atomic E-state index is 12.2. The zero-order chi connectivity index (χ0) is 15.6. The minimum absolute atomic E-state index is 0.0802. The molecule has 1 N–H and O–H groups in total. The fourth-order valence-electron chi connectivity index (χ4n) is 1.75. The third kappa shape index (κ3) is 3.40. The number of nitro benzene ring substituents is 1. The fourth-order valence-corrected chi connectivity index (χ4v) is 3.14. The van der Waals surface area contributed by atoms with Crippen LogP contribution in [0, 0.1) is 17.0 Å². The molecule has 0 amide bonds. The summed E-state index contributed by atoms with van der Waals surface area (Å²) in [7, 11) is -3.79. The van der Waals surface area contributed by atoms with E-state index in [0.717, 1.165) is 4.47 Å². The van der Waals surface area contributed by atoms with Crippen molar-refractivity contribution in [1.82, 2.24) is 0 Å². The molecule has 0 heterocycles. The van der Waals surface area contributed by atoms with E-state index in [-0.39, 0.29) is 21.8 Å². The average Bonchev–Trinajstić information content (AvgIpc) is 2.41. The van der Waals surface area contributed by atoms with Crippen molar-refractivity contribution in [2.75, 3.05) is 4.72 Å². The highest BCUT2D eigenvalue weighted by Crippen LogP contribution is 2.27. The van der Waals surface area contributed by atoms with Crippen molar-refractivity contribution in [2.24, 2.45) is 0 Å². The lowest BCUT2D eigenvalue weighted by Crippen LogP contribution is -2.14. The molecule has 0 radical (unpaired) electrons. The van der Waals surface area contributed by atoms with Gasteiger partial charge in [0, 0.05) is 10.5 Å². The number of nitro groups is 1. The molecular weight excluding hydrogens is 360 g/mol. The molecule has 0 aromatic heterocycles. The van der Waals surface area contributed by atoms with E-state index in [1.807, 2.05) is 0 Å². The molecule has 21 heavy (non-hydrogen) atoms. The van der Waals surface area contributed by atoms with Crippen LogP contribution in [-0.2, 0) is 10.0 Å². The van der Waals surface area contributed by atoms with Crippen molar-refractivity contribution < 1.29 is 13.3 Å². The number of rotatable bonds is 4. The maximum Gasteiger partial charge on any atom is 0.274 e. The van der Waals surface area contributed by atoms with Gasteiger partial charge in [-0.3, -0.25) is 14.8 Å². The highest BCUT2D eigenvalue weighted by atomic mass is 79.9. The summed E-state index contributed by atoms with van der Waals surface area (Å²) >= 11 is 3.23. The van der Waals surface area contributed by atoms with E-state index in [0.29, 0.717) is 0 Å². The fraction of sp³-hybridized carbons (Fsp3) is 0.0769. The molecule has 0 saturated heterocycles. The number of halogens is 1. The molecule has 0 bridgehead atoms. The standard InChI is InChI=1S/C13H11BrN2O4S/c1-9-12(3-2-4-13(9)16(17)18)15-21(19,20)11-7-5-10(14)6-8-11/h2-8,15H,1H3. The van der Waals surface area contributed by atoms with Gasteiger partial charge in [0.2, 0.25) is 0 Å². The second kappa shape index (κ2) is 5.82.